The summed E-state index contributed by atoms with van der Waals surface area (Å²) < 4.78 is 48.6. The predicted octanol–water partition coefficient (Wildman–Crippen LogP) is 5.27. The van der Waals surface area contributed by atoms with Crippen LogP contribution in [-0.2, 0) is 6.18 Å². The highest BCUT2D eigenvalue weighted by Gasteiger charge is 2.45. The van der Waals surface area contributed by atoms with Crippen molar-refractivity contribution in [3.05, 3.63) is 46.9 Å². The maximum absolute atomic E-state index is 12.7. The Balaban J connectivity index is 1.23. The van der Waals surface area contributed by atoms with Gasteiger partial charge in [0.15, 0.2) is 11.3 Å². The molecule has 2 unspecified atom stereocenters. The maximum Gasteiger partial charge on any atom is 0.449 e. The van der Waals surface area contributed by atoms with Crippen molar-refractivity contribution in [2.75, 3.05) is 18.0 Å². The number of nitrogens with zero attached hydrogens (tertiary/aromatic N) is 2. The highest BCUT2D eigenvalue weighted by atomic mass is 35.5. The van der Waals surface area contributed by atoms with Crippen molar-refractivity contribution < 1.29 is 26.8 Å². The topological polar surface area (TPSA) is 71.5 Å². The van der Waals surface area contributed by atoms with E-state index >= 15 is 0 Å². The van der Waals surface area contributed by atoms with Crippen LogP contribution in [0.15, 0.2) is 39.2 Å². The molecule has 31 heavy (non-hydrogen) atoms. The van der Waals surface area contributed by atoms with E-state index in [1.165, 1.54) is 0 Å². The van der Waals surface area contributed by atoms with Crippen LogP contribution >= 0.6 is 11.6 Å². The van der Waals surface area contributed by atoms with E-state index in [1.54, 1.807) is 18.2 Å². The number of amides is 1. The zero-order chi connectivity index (χ0) is 21.8. The van der Waals surface area contributed by atoms with Crippen molar-refractivity contribution in [3.63, 3.8) is 0 Å². The van der Waals surface area contributed by atoms with Crippen molar-refractivity contribution in [1.29, 1.82) is 0 Å². The minimum absolute atomic E-state index is 0.0105. The molecule has 2 aliphatic rings. The van der Waals surface area contributed by atoms with E-state index in [4.69, 9.17) is 16.0 Å². The molecule has 1 aromatic carbocycles. The third-order valence-electron chi connectivity index (χ3n) is 6.19. The zero-order valence-electron chi connectivity index (χ0n) is 16.3. The molecule has 2 atom stereocenters. The third-order valence-corrected chi connectivity index (χ3v) is 6.43. The van der Waals surface area contributed by atoms with Crippen molar-refractivity contribution in [2.45, 2.75) is 37.9 Å². The van der Waals surface area contributed by atoms with Crippen molar-refractivity contribution in [2.24, 2.45) is 5.41 Å². The number of oxazole rings is 1. The summed E-state index contributed by atoms with van der Waals surface area (Å²) in [5.74, 6) is -2.12. The van der Waals surface area contributed by atoms with Gasteiger partial charge in [0.2, 0.25) is 5.76 Å². The standard InChI is InChI=1S/C21H19ClF3N3O3/c22-12-1-2-15-14(9-12)27-19(31-15)28-8-7-20(11-28)6-5-13(10-20)26-18(29)16-3-4-17(30-16)21(23,24)25/h1-4,9,13H,5-8,10-11H2,(H,26,29). The lowest BCUT2D eigenvalue weighted by molar-refractivity contribution is -0.153. The number of furan rings is 1. The molecule has 0 radical (unpaired) electrons. The Bertz CT molecular complexity index is 1140. The molecule has 5 rings (SSSR count). The second-order valence-corrected chi connectivity index (χ2v) is 8.79. The summed E-state index contributed by atoms with van der Waals surface area (Å²) in [5, 5.41) is 3.42. The van der Waals surface area contributed by atoms with Crippen molar-refractivity contribution in [1.82, 2.24) is 10.3 Å². The first kappa shape index (κ1) is 20.2. The van der Waals surface area contributed by atoms with Crippen LogP contribution < -0.4 is 10.2 Å². The van der Waals surface area contributed by atoms with Gasteiger partial charge in [-0.1, -0.05) is 11.6 Å². The Morgan fingerprint density at radius 1 is 1.23 bits per heavy atom. The van der Waals surface area contributed by atoms with E-state index in [-0.39, 0.29) is 17.2 Å². The van der Waals surface area contributed by atoms with Crippen LogP contribution in [0, 0.1) is 5.41 Å². The van der Waals surface area contributed by atoms with Gasteiger partial charge >= 0.3 is 6.18 Å². The average Bonchev–Trinajstić information content (AvgIpc) is 3.47. The van der Waals surface area contributed by atoms with Crippen LogP contribution in [0.3, 0.4) is 0 Å². The summed E-state index contributed by atoms with van der Waals surface area (Å²) in [6.45, 7) is 1.53. The van der Waals surface area contributed by atoms with Crippen LogP contribution in [0.25, 0.3) is 11.1 Å². The summed E-state index contributed by atoms with van der Waals surface area (Å²) in [6, 6.07) is 7.57. The number of halogens is 4. The minimum atomic E-state index is -4.61. The van der Waals surface area contributed by atoms with Gasteiger partial charge in [-0.2, -0.15) is 18.2 Å². The monoisotopic (exact) mass is 453 g/mol. The summed E-state index contributed by atoms with van der Waals surface area (Å²) in [5.41, 5.74) is 1.39. The zero-order valence-corrected chi connectivity index (χ0v) is 17.1. The molecule has 0 bridgehead atoms. The Hall–Kier alpha value is -2.68. The fraction of sp³-hybridized carbons (Fsp3) is 0.429. The molecule has 1 aliphatic heterocycles. The van der Waals surface area contributed by atoms with Gasteiger partial charge in [0.05, 0.1) is 0 Å². The molecule has 3 aromatic rings. The number of anilines is 1. The third kappa shape index (κ3) is 3.86. The Labute approximate surface area is 180 Å². The number of aromatic nitrogens is 1. The second kappa shape index (κ2) is 7.19. The number of fused-ring (bicyclic) bond motifs is 1. The van der Waals surface area contributed by atoms with E-state index in [1.807, 2.05) is 0 Å². The van der Waals surface area contributed by atoms with E-state index in [0.29, 0.717) is 22.1 Å². The largest absolute Gasteiger partial charge is 0.449 e. The normalized spacial score (nSPS) is 23.9. The number of hydrogen-bond acceptors (Lipinski definition) is 5. The molecule has 6 nitrogen and oxygen atoms in total. The number of carbonyl (C=O) groups excluding carboxylic acids is 1. The molecule has 1 N–H and O–H groups in total. The molecule has 10 heteroatoms. The molecule has 164 valence electrons. The van der Waals surface area contributed by atoms with Crippen LogP contribution in [0.5, 0.6) is 0 Å². The molecule has 1 amide bonds. The van der Waals surface area contributed by atoms with Gasteiger partial charge in [-0.25, -0.2) is 0 Å². The fourth-order valence-corrected chi connectivity index (χ4v) is 4.86. The minimum Gasteiger partial charge on any atom is -0.446 e. The first-order valence-electron chi connectivity index (χ1n) is 10.00. The van der Waals surface area contributed by atoms with E-state index in [0.717, 1.165) is 50.9 Å². The van der Waals surface area contributed by atoms with Gasteiger partial charge in [0.1, 0.15) is 5.52 Å². The van der Waals surface area contributed by atoms with Crippen LogP contribution in [0.4, 0.5) is 19.2 Å². The van der Waals surface area contributed by atoms with Gasteiger partial charge < -0.3 is 19.1 Å². The number of nitrogens with one attached hydrogen (secondary N) is 1. The van der Waals surface area contributed by atoms with Gasteiger partial charge in [-0.15, -0.1) is 0 Å². The van der Waals surface area contributed by atoms with Gasteiger partial charge in [0.25, 0.3) is 11.9 Å². The molecule has 1 spiro atoms. The van der Waals surface area contributed by atoms with Gasteiger partial charge in [-0.3, -0.25) is 4.79 Å². The second-order valence-electron chi connectivity index (χ2n) is 8.35. The fourth-order valence-electron chi connectivity index (χ4n) is 4.69. The first-order valence-corrected chi connectivity index (χ1v) is 10.4. The average molecular weight is 454 g/mol. The van der Waals surface area contributed by atoms with Crippen LogP contribution in [0.1, 0.15) is 42.0 Å². The lowest BCUT2D eigenvalue weighted by Crippen LogP contribution is -2.34. The van der Waals surface area contributed by atoms with E-state index in [2.05, 4.69) is 19.6 Å². The summed E-state index contributed by atoms with van der Waals surface area (Å²) >= 11 is 6.02. The molecule has 2 fully saturated rings. The Morgan fingerprint density at radius 2 is 2.06 bits per heavy atom. The summed E-state index contributed by atoms with van der Waals surface area (Å²) in [7, 11) is 0. The van der Waals surface area contributed by atoms with Crippen molar-refractivity contribution >= 4 is 34.6 Å². The SMILES string of the molecule is O=C(NC1CCC2(CCN(c3nc4cc(Cl)ccc4o3)C2)C1)c1ccc(C(F)(F)F)o1. The molecule has 3 heterocycles. The summed E-state index contributed by atoms with van der Waals surface area (Å²) in [4.78, 5) is 19.0. The quantitative estimate of drug-likeness (QED) is 0.584. The first-order chi connectivity index (χ1) is 14.7. The molecule has 1 aliphatic carbocycles. The number of alkyl halides is 3. The number of carbonyl (C=O) groups is 1. The van der Waals surface area contributed by atoms with E-state index in [9.17, 15) is 18.0 Å². The Kier molecular flexibility index (Phi) is 4.69. The van der Waals surface area contributed by atoms with Gasteiger partial charge in [0, 0.05) is 24.2 Å². The Morgan fingerprint density at radius 3 is 2.84 bits per heavy atom. The highest BCUT2D eigenvalue weighted by Crippen LogP contribution is 2.46. The molecular formula is C21H19ClF3N3O3. The van der Waals surface area contributed by atoms with Gasteiger partial charge in [-0.05, 0) is 61.4 Å². The lowest BCUT2D eigenvalue weighted by atomic mass is 9.85. The number of rotatable bonds is 3. The molecular weight excluding hydrogens is 435 g/mol. The number of hydrogen-bond donors (Lipinski definition) is 1. The van der Waals surface area contributed by atoms with Crippen LogP contribution in [-0.4, -0.2) is 30.0 Å². The highest BCUT2D eigenvalue weighted by molar-refractivity contribution is 6.31. The van der Waals surface area contributed by atoms with Crippen LogP contribution in [0.2, 0.25) is 5.02 Å². The smallest absolute Gasteiger partial charge is 0.446 e. The molecule has 1 saturated carbocycles. The number of benzene rings is 1. The molecule has 1 saturated heterocycles. The van der Waals surface area contributed by atoms with E-state index < -0.39 is 17.8 Å². The predicted molar refractivity (Wildman–Crippen MR) is 107 cm³/mol. The summed E-state index contributed by atoms with van der Waals surface area (Å²) in [6.07, 6.45) is -1.27. The lowest BCUT2D eigenvalue weighted by Gasteiger charge is -2.23. The van der Waals surface area contributed by atoms with Crippen molar-refractivity contribution in [3.8, 4) is 0 Å². The maximum atomic E-state index is 12.7. The molecule has 2 aromatic heterocycles.